The van der Waals surface area contributed by atoms with E-state index in [0.29, 0.717) is 0 Å². The number of hydrogen-bond acceptors (Lipinski definition) is 1. The summed E-state index contributed by atoms with van der Waals surface area (Å²) in [6.45, 7) is 2.34. The van der Waals surface area contributed by atoms with Crippen LogP contribution < -0.4 is 5.32 Å². The molecule has 1 aliphatic carbocycles. The van der Waals surface area contributed by atoms with Gasteiger partial charge in [-0.3, -0.25) is 0 Å². The van der Waals surface area contributed by atoms with Gasteiger partial charge in [0.15, 0.2) is 0 Å². The van der Waals surface area contributed by atoms with Gasteiger partial charge in [0.2, 0.25) is 0 Å². The summed E-state index contributed by atoms with van der Waals surface area (Å²) in [5.74, 6) is 0.766. The molecular weight excluding hydrogens is 278 g/mol. The molecule has 0 amide bonds. The second kappa shape index (κ2) is 6.88. The standard InChI is InChI=1S/C22H27N/c1-2-19-11-8-18(16-22(19)3-1)5-4-17-6-9-20(10-7-17)21-12-14-23-15-13-21/h6-11,16,21,23H,1-5,12-15H2. The highest BCUT2D eigenvalue weighted by Gasteiger charge is 2.15. The maximum atomic E-state index is 3.45. The first-order valence-electron chi connectivity index (χ1n) is 9.29. The van der Waals surface area contributed by atoms with Gasteiger partial charge in [0.05, 0.1) is 0 Å². The Morgan fingerprint density at radius 1 is 0.783 bits per heavy atom. The zero-order valence-electron chi connectivity index (χ0n) is 14.0. The molecule has 1 saturated heterocycles. The summed E-state index contributed by atoms with van der Waals surface area (Å²) in [6, 6.07) is 16.6. The molecule has 1 fully saturated rings. The van der Waals surface area contributed by atoms with Crippen LogP contribution in [0.5, 0.6) is 0 Å². The van der Waals surface area contributed by atoms with E-state index in [9.17, 15) is 0 Å². The van der Waals surface area contributed by atoms with Gasteiger partial charge in [-0.15, -0.1) is 0 Å². The Kier molecular flexibility index (Phi) is 4.48. The first kappa shape index (κ1) is 15.0. The molecular formula is C22H27N. The maximum absolute atomic E-state index is 3.45. The summed E-state index contributed by atoms with van der Waals surface area (Å²) in [5, 5.41) is 3.45. The molecule has 2 aromatic carbocycles. The lowest BCUT2D eigenvalue weighted by Gasteiger charge is -2.23. The van der Waals surface area contributed by atoms with Crippen molar-refractivity contribution < 1.29 is 0 Å². The molecule has 1 N–H and O–H groups in total. The van der Waals surface area contributed by atoms with Crippen molar-refractivity contribution in [2.75, 3.05) is 13.1 Å². The molecule has 0 atom stereocenters. The van der Waals surface area contributed by atoms with Crippen molar-refractivity contribution in [1.29, 1.82) is 0 Å². The first-order valence-corrected chi connectivity index (χ1v) is 9.29. The third kappa shape index (κ3) is 3.50. The van der Waals surface area contributed by atoms with E-state index in [-0.39, 0.29) is 0 Å². The van der Waals surface area contributed by atoms with Gasteiger partial charge < -0.3 is 5.32 Å². The molecule has 1 aliphatic heterocycles. The number of piperidine rings is 1. The van der Waals surface area contributed by atoms with E-state index < -0.39 is 0 Å². The van der Waals surface area contributed by atoms with Crippen molar-refractivity contribution in [2.24, 2.45) is 0 Å². The van der Waals surface area contributed by atoms with E-state index in [2.05, 4.69) is 47.8 Å². The van der Waals surface area contributed by atoms with Crippen LogP contribution in [0.4, 0.5) is 0 Å². The van der Waals surface area contributed by atoms with Crippen LogP contribution in [0.3, 0.4) is 0 Å². The van der Waals surface area contributed by atoms with Gasteiger partial charge in [-0.25, -0.2) is 0 Å². The molecule has 120 valence electrons. The second-order valence-corrected chi connectivity index (χ2v) is 7.22. The third-order valence-corrected chi connectivity index (χ3v) is 5.66. The summed E-state index contributed by atoms with van der Waals surface area (Å²) in [6.07, 6.45) is 8.81. The topological polar surface area (TPSA) is 12.0 Å². The van der Waals surface area contributed by atoms with Gasteiger partial charge >= 0.3 is 0 Å². The van der Waals surface area contributed by atoms with Crippen molar-refractivity contribution in [3.8, 4) is 0 Å². The molecule has 0 spiro atoms. The average molecular weight is 305 g/mol. The summed E-state index contributed by atoms with van der Waals surface area (Å²) in [5.41, 5.74) is 7.70. The van der Waals surface area contributed by atoms with Gasteiger partial charge in [0, 0.05) is 0 Å². The summed E-state index contributed by atoms with van der Waals surface area (Å²) in [7, 11) is 0. The number of rotatable bonds is 4. The maximum Gasteiger partial charge on any atom is -0.00431 e. The highest BCUT2D eigenvalue weighted by molar-refractivity contribution is 5.36. The van der Waals surface area contributed by atoms with Crippen LogP contribution in [-0.2, 0) is 25.7 Å². The molecule has 1 heterocycles. The smallest absolute Gasteiger partial charge is 0.00431 e. The average Bonchev–Trinajstić information content (AvgIpc) is 3.09. The second-order valence-electron chi connectivity index (χ2n) is 7.22. The summed E-state index contributed by atoms with van der Waals surface area (Å²) in [4.78, 5) is 0. The van der Waals surface area contributed by atoms with Crippen LogP contribution in [0.15, 0.2) is 42.5 Å². The van der Waals surface area contributed by atoms with E-state index in [1.54, 1.807) is 11.1 Å². The number of nitrogens with one attached hydrogen (secondary N) is 1. The normalized spacial score (nSPS) is 18.1. The summed E-state index contributed by atoms with van der Waals surface area (Å²) < 4.78 is 0. The van der Waals surface area contributed by atoms with Crippen LogP contribution >= 0.6 is 0 Å². The number of fused-ring (bicyclic) bond motifs is 1. The van der Waals surface area contributed by atoms with Gasteiger partial charge in [-0.1, -0.05) is 42.5 Å². The first-order chi connectivity index (χ1) is 11.4. The fourth-order valence-electron chi connectivity index (χ4n) is 4.18. The largest absolute Gasteiger partial charge is 0.317 e. The van der Waals surface area contributed by atoms with Crippen molar-refractivity contribution in [1.82, 2.24) is 5.32 Å². The monoisotopic (exact) mass is 305 g/mol. The van der Waals surface area contributed by atoms with Gasteiger partial charge in [-0.05, 0) is 91.8 Å². The zero-order chi connectivity index (χ0) is 15.5. The van der Waals surface area contributed by atoms with Gasteiger partial charge in [0.1, 0.15) is 0 Å². The highest BCUT2D eigenvalue weighted by Crippen LogP contribution is 2.26. The minimum Gasteiger partial charge on any atom is -0.317 e. The van der Waals surface area contributed by atoms with E-state index in [4.69, 9.17) is 0 Å². The minimum absolute atomic E-state index is 0.766. The van der Waals surface area contributed by atoms with Crippen LogP contribution in [-0.4, -0.2) is 13.1 Å². The Morgan fingerprint density at radius 3 is 2.30 bits per heavy atom. The fraction of sp³-hybridized carbons (Fsp3) is 0.455. The molecule has 23 heavy (non-hydrogen) atoms. The lowest BCUT2D eigenvalue weighted by molar-refractivity contribution is 0.460. The Hall–Kier alpha value is -1.60. The van der Waals surface area contributed by atoms with Crippen LogP contribution in [0.25, 0.3) is 0 Å². The lowest BCUT2D eigenvalue weighted by Crippen LogP contribution is -2.26. The molecule has 4 rings (SSSR count). The predicted molar refractivity (Wildman–Crippen MR) is 97.2 cm³/mol. The Morgan fingerprint density at radius 2 is 1.48 bits per heavy atom. The Bertz CT molecular complexity index is 650. The van der Waals surface area contributed by atoms with Crippen molar-refractivity contribution in [3.63, 3.8) is 0 Å². The van der Waals surface area contributed by atoms with Crippen molar-refractivity contribution in [3.05, 3.63) is 70.3 Å². The van der Waals surface area contributed by atoms with E-state index in [0.717, 1.165) is 12.3 Å². The van der Waals surface area contributed by atoms with Crippen LogP contribution in [0, 0.1) is 0 Å². The minimum atomic E-state index is 0.766. The quantitative estimate of drug-likeness (QED) is 0.881. The fourth-order valence-corrected chi connectivity index (χ4v) is 4.18. The van der Waals surface area contributed by atoms with Gasteiger partial charge in [0.25, 0.3) is 0 Å². The zero-order valence-corrected chi connectivity index (χ0v) is 14.0. The van der Waals surface area contributed by atoms with Crippen LogP contribution in [0.2, 0.25) is 0 Å². The van der Waals surface area contributed by atoms with Crippen molar-refractivity contribution in [2.45, 2.75) is 50.9 Å². The predicted octanol–water partition coefficient (Wildman–Crippen LogP) is 4.43. The number of hydrogen-bond donors (Lipinski definition) is 1. The van der Waals surface area contributed by atoms with E-state index in [1.165, 1.54) is 68.3 Å². The Balaban J connectivity index is 1.37. The third-order valence-electron chi connectivity index (χ3n) is 5.66. The van der Waals surface area contributed by atoms with Crippen molar-refractivity contribution >= 4 is 0 Å². The number of aryl methyl sites for hydroxylation is 4. The molecule has 2 aliphatic rings. The molecule has 2 aromatic rings. The highest BCUT2D eigenvalue weighted by atomic mass is 14.9. The molecule has 0 radical (unpaired) electrons. The van der Waals surface area contributed by atoms with Crippen LogP contribution in [0.1, 0.15) is 53.0 Å². The van der Waals surface area contributed by atoms with E-state index >= 15 is 0 Å². The molecule has 1 heteroatoms. The molecule has 0 aromatic heterocycles. The molecule has 0 unspecified atom stereocenters. The van der Waals surface area contributed by atoms with Gasteiger partial charge in [-0.2, -0.15) is 0 Å². The number of benzene rings is 2. The molecule has 0 bridgehead atoms. The molecule has 1 nitrogen and oxygen atoms in total. The summed E-state index contributed by atoms with van der Waals surface area (Å²) >= 11 is 0. The lowest BCUT2D eigenvalue weighted by atomic mass is 9.89. The van der Waals surface area contributed by atoms with E-state index in [1.807, 2.05) is 0 Å². The molecule has 0 saturated carbocycles. The Labute approximate surface area is 140 Å². The SMILES string of the molecule is c1cc(C2CCNCC2)ccc1CCc1ccc2c(c1)CCC2.